The summed E-state index contributed by atoms with van der Waals surface area (Å²) in [5.74, 6) is -2.04. The number of hydrogen-bond acceptors (Lipinski definition) is 4. The lowest BCUT2D eigenvalue weighted by Crippen LogP contribution is -2.52. The van der Waals surface area contributed by atoms with Crippen LogP contribution in [0.2, 0.25) is 0 Å². The third-order valence-electron chi connectivity index (χ3n) is 3.35. The summed E-state index contributed by atoms with van der Waals surface area (Å²) < 4.78 is 24.2. The van der Waals surface area contributed by atoms with Crippen LogP contribution in [0, 0.1) is 0 Å². The molecule has 2 N–H and O–H groups in total. The highest BCUT2D eigenvalue weighted by Crippen LogP contribution is 2.27. The molecule has 0 spiro atoms. The second-order valence-corrected chi connectivity index (χ2v) is 8.65. The number of hydrogen-bond donors (Lipinski definition) is 2. The second kappa shape index (κ2) is 6.78. The molecule has 8 heteroatoms. The van der Waals surface area contributed by atoms with E-state index in [2.05, 4.69) is 21.2 Å². The number of carbonyl (C=O) groups is 2. The van der Waals surface area contributed by atoms with Crippen molar-refractivity contribution in [3.63, 3.8) is 0 Å². The third kappa shape index (κ3) is 3.67. The molecule has 0 radical (unpaired) electrons. The summed E-state index contributed by atoms with van der Waals surface area (Å²) in [6, 6.07) is 4.79. The predicted molar refractivity (Wildman–Crippen MR) is 85.3 cm³/mol. The highest BCUT2D eigenvalue weighted by atomic mass is 79.9. The van der Waals surface area contributed by atoms with Gasteiger partial charge in [-0.3, -0.25) is 4.79 Å². The number of aliphatic carboxylic acids is 1. The summed E-state index contributed by atoms with van der Waals surface area (Å²) in [6.07, 6.45) is 0.162. The monoisotopic (exact) mass is 391 g/mol. The molecule has 6 nitrogen and oxygen atoms in total. The van der Waals surface area contributed by atoms with Gasteiger partial charge in [0.05, 0.1) is 4.90 Å². The van der Waals surface area contributed by atoms with Gasteiger partial charge in [0.2, 0.25) is 5.91 Å². The summed E-state index contributed by atoms with van der Waals surface area (Å²) in [5, 5.41) is 11.2. The number of halogens is 1. The first-order valence-electron chi connectivity index (χ1n) is 6.58. The number of benzene rings is 1. The van der Waals surface area contributed by atoms with Gasteiger partial charge in [0.15, 0.2) is 9.84 Å². The van der Waals surface area contributed by atoms with Crippen molar-refractivity contribution in [2.75, 3.05) is 0 Å². The van der Waals surface area contributed by atoms with Crippen molar-refractivity contribution in [3.05, 3.63) is 28.7 Å². The minimum Gasteiger partial charge on any atom is -0.480 e. The highest BCUT2D eigenvalue weighted by Gasteiger charge is 2.43. The predicted octanol–water partition coefficient (Wildman–Crippen LogP) is 1.98. The number of sulfone groups is 1. The molecule has 0 aliphatic carbocycles. The van der Waals surface area contributed by atoms with E-state index in [0.29, 0.717) is 4.47 Å². The first-order chi connectivity index (χ1) is 10.0. The Morgan fingerprint density at radius 2 is 1.77 bits per heavy atom. The Morgan fingerprint density at radius 1 is 1.27 bits per heavy atom. The number of rotatable bonds is 6. The molecule has 0 aliphatic rings. The number of carboxylic acid groups (broad SMARTS) is 1. The largest absolute Gasteiger partial charge is 0.480 e. The van der Waals surface area contributed by atoms with Gasteiger partial charge >= 0.3 is 5.97 Å². The normalized spacial score (nSPS) is 13.5. The third-order valence-corrected chi connectivity index (χ3v) is 6.30. The summed E-state index contributed by atoms with van der Waals surface area (Å²) in [7, 11) is -3.96. The van der Waals surface area contributed by atoms with E-state index in [1.807, 2.05) is 0 Å². The highest BCUT2D eigenvalue weighted by molar-refractivity contribution is 9.10. The molecule has 122 valence electrons. The first kappa shape index (κ1) is 18.6. The van der Waals surface area contributed by atoms with Crippen LogP contribution in [0.1, 0.15) is 27.2 Å². The Hall–Kier alpha value is -1.41. The van der Waals surface area contributed by atoms with E-state index in [9.17, 15) is 18.0 Å². The molecule has 0 bridgehead atoms. The molecule has 1 unspecified atom stereocenters. The molecule has 0 fully saturated rings. The van der Waals surface area contributed by atoms with Crippen LogP contribution >= 0.6 is 15.9 Å². The lowest BCUT2D eigenvalue weighted by atomic mass is 10.1. The molecular weight excluding hydrogens is 374 g/mol. The van der Waals surface area contributed by atoms with Crippen molar-refractivity contribution in [3.8, 4) is 0 Å². The molecule has 22 heavy (non-hydrogen) atoms. The van der Waals surface area contributed by atoms with Crippen molar-refractivity contribution in [1.82, 2.24) is 5.32 Å². The van der Waals surface area contributed by atoms with Gasteiger partial charge in [-0.1, -0.05) is 22.9 Å². The first-order valence-corrected chi connectivity index (χ1v) is 8.85. The molecule has 1 atom stereocenters. The fraction of sp³-hybridized carbons (Fsp3) is 0.429. The minimum atomic E-state index is -3.96. The summed E-state index contributed by atoms with van der Waals surface area (Å²) in [5.41, 5.74) is 0. The summed E-state index contributed by atoms with van der Waals surface area (Å²) >= 11 is 3.21. The van der Waals surface area contributed by atoms with Gasteiger partial charge in [-0.2, -0.15) is 0 Å². The lowest BCUT2D eigenvalue weighted by Gasteiger charge is -2.25. The van der Waals surface area contributed by atoms with Crippen LogP contribution in [0.4, 0.5) is 0 Å². The van der Waals surface area contributed by atoms with E-state index < -0.39 is 32.5 Å². The van der Waals surface area contributed by atoms with E-state index in [0.717, 1.165) is 0 Å². The average molecular weight is 392 g/mol. The molecule has 0 aromatic heterocycles. The molecule has 1 rings (SSSR count). The molecular formula is C14H18BrNO5S. The summed E-state index contributed by atoms with van der Waals surface area (Å²) in [4.78, 5) is 23.2. The van der Waals surface area contributed by atoms with Crippen LogP contribution in [0.15, 0.2) is 33.6 Å². The van der Waals surface area contributed by atoms with E-state index in [-0.39, 0.29) is 11.3 Å². The molecule has 1 amide bonds. The van der Waals surface area contributed by atoms with Crippen molar-refractivity contribution in [2.45, 2.75) is 42.9 Å². The number of nitrogens with one attached hydrogen (secondary N) is 1. The van der Waals surface area contributed by atoms with E-state index in [1.165, 1.54) is 26.0 Å². The molecule has 0 saturated heterocycles. The topological polar surface area (TPSA) is 101 Å². The van der Waals surface area contributed by atoms with Gasteiger partial charge < -0.3 is 10.4 Å². The van der Waals surface area contributed by atoms with Gasteiger partial charge in [0.25, 0.3) is 0 Å². The van der Waals surface area contributed by atoms with E-state index in [4.69, 9.17) is 5.11 Å². The number of carbonyl (C=O) groups excluding carboxylic acids is 1. The van der Waals surface area contributed by atoms with Crippen LogP contribution in [0.5, 0.6) is 0 Å². The second-order valence-electron chi connectivity index (χ2n) is 5.24. The number of carboxylic acids is 1. The summed E-state index contributed by atoms with van der Waals surface area (Å²) in [6.45, 7) is 4.11. The lowest BCUT2D eigenvalue weighted by molar-refractivity contribution is -0.142. The maximum atomic E-state index is 12.6. The molecule has 0 heterocycles. The molecule has 1 aromatic carbocycles. The van der Waals surface area contributed by atoms with Crippen LogP contribution in [-0.2, 0) is 19.4 Å². The van der Waals surface area contributed by atoms with Crippen molar-refractivity contribution >= 4 is 37.6 Å². The molecule has 0 saturated carbocycles. The van der Waals surface area contributed by atoms with E-state index in [1.54, 1.807) is 19.1 Å². The standard InChI is InChI=1S/C14H18BrNO5S/c1-4-11(12(17)18)16-13(19)14(2,3)22(20,21)10-7-5-9(15)6-8-10/h5-8,11H,4H2,1-3H3,(H,16,19)(H,17,18). The van der Waals surface area contributed by atoms with Gasteiger partial charge in [0, 0.05) is 4.47 Å². The van der Waals surface area contributed by atoms with Gasteiger partial charge in [-0.15, -0.1) is 0 Å². The zero-order chi connectivity index (χ0) is 17.1. The Labute approximate surface area is 138 Å². The van der Waals surface area contributed by atoms with Gasteiger partial charge in [-0.25, -0.2) is 13.2 Å². The smallest absolute Gasteiger partial charge is 0.326 e. The van der Waals surface area contributed by atoms with E-state index >= 15 is 0 Å². The quantitative estimate of drug-likeness (QED) is 0.771. The van der Waals surface area contributed by atoms with Crippen LogP contribution in [0.25, 0.3) is 0 Å². The van der Waals surface area contributed by atoms with Crippen molar-refractivity contribution in [1.29, 1.82) is 0 Å². The van der Waals surface area contributed by atoms with Gasteiger partial charge in [0.1, 0.15) is 10.8 Å². The SMILES string of the molecule is CCC(NC(=O)C(C)(C)S(=O)(=O)c1ccc(Br)cc1)C(=O)O. The minimum absolute atomic E-state index is 0.000719. The van der Waals surface area contributed by atoms with Crippen molar-refractivity contribution < 1.29 is 23.1 Å². The van der Waals surface area contributed by atoms with Crippen LogP contribution in [-0.4, -0.2) is 36.2 Å². The fourth-order valence-electron chi connectivity index (χ4n) is 1.70. The zero-order valence-corrected chi connectivity index (χ0v) is 14.9. The Morgan fingerprint density at radius 3 is 2.18 bits per heavy atom. The van der Waals surface area contributed by atoms with Crippen LogP contribution < -0.4 is 5.32 Å². The zero-order valence-electron chi connectivity index (χ0n) is 12.5. The molecule has 0 aliphatic heterocycles. The Bertz CT molecular complexity index is 667. The average Bonchev–Trinajstić information content (AvgIpc) is 2.44. The Balaban J connectivity index is 3.13. The maximum Gasteiger partial charge on any atom is 0.326 e. The number of amides is 1. The maximum absolute atomic E-state index is 12.6. The Kier molecular flexibility index (Phi) is 5.75. The fourth-order valence-corrected chi connectivity index (χ4v) is 3.35. The van der Waals surface area contributed by atoms with Crippen LogP contribution in [0.3, 0.4) is 0 Å². The van der Waals surface area contributed by atoms with Gasteiger partial charge in [-0.05, 0) is 44.5 Å². The van der Waals surface area contributed by atoms with Crippen molar-refractivity contribution in [2.24, 2.45) is 0 Å². The molecule has 1 aromatic rings.